The first-order chi connectivity index (χ1) is 9.86. The smallest absolute Gasteiger partial charge is 0.0398 e. The molecule has 2 heterocycles. The number of hydrogen-bond donors (Lipinski definition) is 1. The topological polar surface area (TPSA) is 45.4 Å². The molecule has 0 spiro atoms. The lowest BCUT2D eigenvalue weighted by Crippen LogP contribution is -2.46. The first-order valence-corrected chi connectivity index (χ1v) is 7.06. The van der Waals surface area contributed by atoms with E-state index < -0.39 is 0 Å². The zero-order valence-electron chi connectivity index (χ0n) is 11.6. The predicted molar refractivity (Wildman–Crippen MR) is 83.0 cm³/mol. The number of aromatic nitrogens is 1. The molecular formula is C16H20N4. The van der Waals surface area contributed by atoms with Crippen molar-refractivity contribution in [2.24, 2.45) is 5.73 Å². The van der Waals surface area contributed by atoms with E-state index in [9.17, 15) is 0 Å². The van der Waals surface area contributed by atoms with Gasteiger partial charge in [0.2, 0.25) is 0 Å². The minimum Gasteiger partial charge on any atom is -0.368 e. The van der Waals surface area contributed by atoms with Gasteiger partial charge in [0.25, 0.3) is 0 Å². The van der Waals surface area contributed by atoms with Gasteiger partial charge in [0, 0.05) is 56.5 Å². The molecule has 1 aromatic carbocycles. The van der Waals surface area contributed by atoms with Crippen molar-refractivity contribution in [1.29, 1.82) is 0 Å². The number of pyridine rings is 1. The summed E-state index contributed by atoms with van der Waals surface area (Å²) in [6.07, 6.45) is 3.71. The van der Waals surface area contributed by atoms with Gasteiger partial charge in [-0.2, -0.15) is 0 Å². The average molecular weight is 268 g/mol. The molecule has 4 heteroatoms. The van der Waals surface area contributed by atoms with E-state index in [2.05, 4.69) is 51.2 Å². The van der Waals surface area contributed by atoms with Crippen LogP contribution in [0.4, 0.5) is 11.4 Å². The second-order valence-electron chi connectivity index (χ2n) is 5.05. The van der Waals surface area contributed by atoms with Gasteiger partial charge >= 0.3 is 0 Å². The molecule has 2 N–H and O–H groups in total. The Morgan fingerprint density at radius 1 is 0.800 bits per heavy atom. The molecule has 1 aliphatic heterocycles. The monoisotopic (exact) mass is 268 g/mol. The summed E-state index contributed by atoms with van der Waals surface area (Å²) in [7, 11) is 0. The Morgan fingerprint density at radius 3 is 1.80 bits per heavy atom. The van der Waals surface area contributed by atoms with Crippen LogP contribution < -0.4 is 15.5 Å². The van der Waals surface area contributed by atoms with E-state index in [0.717, 1.165) is 26.2 Å². The number of rotatable bonds is 3. The summed E-state index contributed by atoms with van der Waals surface area (Å²) < 4.78 is 0. The van der Waals surface area contributed by atoms with Gasteiger partial charge in [0.1, 0.15) is 0 Å². The molecule has 4 nitrogen and oxygen atoms in total. The number of anilines is 2. The highest BCUT2D eigenvalue weighted by atomic mass is 15.3. The van der Waals surface area contributed by atoms with Crippen molar-refractivity contribution in [1.82, 2.24) is 4.98 Å². The van der Waals surface area contributed by atoms with E-state index in [0.29, 0.717) is 6.54 Å². The van der Waals surface area contributed by atoms with Crippen LogP contribution >= 0.6 is 0 Å². The van der Waals surface area contributed by atoms with Crippen LogP contribution in [0.25, 0.3) is 0 Å². The van der Waals surface area contributed by atoms with E-state index in [4.69, 9.17) is 5.73 Å². The minimum atomic E-state index is 0.607. The molecule has 3 rings (SSSR count). The zero-order chi connectivity index (χ0) is 13.8. The predicted octanol–water partition coefficient (Wildman–Crippen LogP) is 1.87. The lowest BCUT2D eigenvalue weighted by atomic mass is 10.2. The molecule has 1 aliphatic rings. The van der Waals surface area contributed by atoms with Crippen molar-refractivity contribution in [3.8, 4) is 0 Å². The number of hydrogen-bond acceptors (Lipinski definition) is 4. The van der Waals surface area contributed by atoms with Crippen LogP contribution in [0.15, 0.2) is 48.8 Å². The van der Waals surface area contributed by atoms with Gasteiger partial charge in [-0.3, -0.25) is 4.98 Å². The summed E-state index contributed by atoms with van der Waals surface area (Å²) in [4.78, 5) is 8.91. The molecule has 1 fully saturated rings. The van der Waals surface area contributed by atoms with Crippen molar-refractivity contribution in [2.45, 2.75) is 6.54 Å². The summed E-state index contributed by atoms with van der Waals surface area (Å²) in [5, 5.41) is 0. The summed E-state index contributed by atoms with van der Waals surface area (Å²) in [6.45, 7) is 4.79. The van der Waals surface area contributed by atoms with Gasteiger partial charge in [-0.15, -0.1) is 0 Å². The van der Waals surface area contributed by atoms with Crippen molar-refractivity contribution >= 4 is 11.4 Å². The summed E-state index contributed by atoms with van der Waals surface area (Å²) in [6, 6.07) is 12.7. The Morgan fingerprint density at radius 2 is 1.30 bits per heavy atom. The number of nitrogens with two attached hydrogens (primary N) is 1. The molecule has 2 aromatic rings. The van der Waals surface area contributed by atoms with Crippen molar-refractivity contribution < 1.29 is 0 Å². The first-order valence-electron chi connectivity index (χ1n) is 7.06. The normalized spacial score (nSPS) is 15.4. The largest absolute Gasteiger partial charge is 0.368 e. The van der Waals surface area contributed by atoms with Gasteiger partial charge < -0.3 is 15.5 Å². The fourth-order valence-electron chi connectivity index (χ4n) is 2.62. The molecule has 0 aliphatic carbocycles. The van der Waals surface area contributed by atoms with Crippen molar-refractivity contribution in [3.05, 3.63) is 54.4 Å². The number of benzene rings is 1. The number of nitrogens with zero attached hydrogens (tertiary/aromatic N) is 3. The molecule has 1 aromatic heterocycles. The van der Waals surface area contributed by atoms with E-state index in [1.165, 1.54) is 16.9 Å². The molecule has 0 amide bonds. The van der Waals surface area contributed by atoms with Gasteiger partial charge in [0.15, 0.2) is 0 Å². The first kappa shape index (κ1) is 12.9. The molecule has 104 valence electrons. The molecule has 0 unspecified atom stereocenters. The highest BCUT2D eigenvalue weighted by Crippen LogP contribution is 2.20. The van der Waals surface area contributed by atoms with Crippen LogP contribution in [0.1, 0.15) is 5.56 Å². The Balaban J connectivity index is 1.63. The van der Waals surface area contributed by atoms with Gasteiger partial charge in [-0.05, 0) is 29.8 Å². The second kappa shape index (κ2) is 5.92. The van der Waals surface area contributed by atoms with Crippen LogP contribution in [0.3, 0.4) is 0 Å². The van der Waals surface area contributed by atoms with Gasteiger partial charge in [-0.25, -0.2) is 0 Å². The maximum absolute atomic E-state index is 5.64. The van der Waals surface area contributed by atoms with E-state index in [1.54, 1.807) is 0 Å². The van der Waals surface area contributed by atoms with E-state index in [-0.39, 0.29) is 0 Å². The van der Waals surface area contributed by atoms with Crippen LogP contribution in [0, 0.1) is 0 Å². The fraction of sp³-hybridized carbons (Fsp3) is 0.312. The minimum absolute atomic E-state index is 0.607. The van der Waals surface area contributed by atoms with Crippen molar-refractivity contribution in [3.63, 3.8) is 0 Å². The fourth-order valence-corrected chi connectivity index (χ4v) is 2.62. The maximum Gasteiger partial charge on any atom is 0.0398 e. The standard InChI is InChI=1S/C16H20N4/c17-13-14-1-3-15(4-2-14)19-9-11-20(12-10-19)16-5-7-18-8-6-16/h1-8H,9-13,17H2. The van der Waals surface area contributed by atoms with Crippen LogP contribution in [0.5, 0.6) is 0 Å². The highest BCUT2D eigenvalue weighted by molar-refractivity contribution is 5.51. The lowest BCUT2D eigenvalue weighted by Gasteiger charge is -2.37. The van der Waals surface area contributed by atoms with Gasteiger partial charge in [0.05, 0.1) is 0 Å². The Labute approximate surface area is 119 Å². The van der Waals surface area contributed by atoms with Crippen LogP contribution in [-0.4, -0.2) is 31.2 Å². The third-order valence-electron chi connectivity index (χ3n) is 3.84. The molecule has 0 saturated carbocycles. The van der Waals surface area contributed by atoms with Crippen LogP contribution in [0.2, 0.25) is 0 Å². The quantitative estimate of drug-likeness (QED) is 0.923. The summed E-state index contributed by atoms with van der Waals surface area (Å²) in [5.74, 6) is 0. The molecule has 0 atom stereocenters. The summed E-state index contributed by atoms with van der Waals surface area (Å²) >= 11 is 0. The third kappa shape index (κ3) is 2.75. The molecular weight excluding hydrogens is 248 g/mol. The second-order valence-corrected chi connectivity index (χ2v) is 5.05. The van der Waals surface area contributed by atoms with Gasteiger partial charge in [-0.1, -0.05) is 12.1 Å². The highest BCUT2D eigenvalue weighted by Gasteiger charge is 2.17. The molecule has 20 heavy (non-hydrogen) atoms. The SMILES string of the molecule is NCc1ccc(N2CCN(c3ccncc3)CC2)cc1. The van der Waals surface area contributed by atoms with Crippen molar-refractivity contribution in [2.75, 3.05) is 36.0 Å². The van der Waals surface area contributed by atoms with Crippen LogP contribution in [-0.2, 0) is 6.54 Å². The zero-order valence-corrected chi connectivity index (χ0v) is 11.6. The molecule has 1 saturated heterocycles. The van der Waals surface area contributed by atoms with E-state index >= 15 is 0 Å². The molecule has 0 bridgehead atoms. The maximum atomic E-state index is 5.64. The Bertz CT molecular complexity index is 530. The molecule has 0 radical (unpaired) electrons. The average Bonchev–Trinajstić information content (AvgIpc) is 2.56. The number of piperazine rings is 1. The Kier molecular flexibility index (Phi) is 3.83. The van der Waals surface area contributed by atoms with E-state index in [1.807, 2.05) is 12.4 Å². The Hall–Kier alpha value is -2.07. The third-order valence-corrected chi connectivity index (χ3v) is 3.84. The lowest BCUT2D eigenvalue weighted by molar-refractivity contribution is 0.653. The summed E-state index contributed by atoms with van der Waals surface area (Å²) in [5.41, 5.74) is 9.37.